The minimum absolute atomic E-state index is 0.0692. The van der Waals surface area contributed by atoms with Crippen LogP contribution in [0, 0.1) is 0 Å². The van der Waals surface area contributed by atoms with Crippen molar-refractivity contribution in [2.24, 2.45) is 0 Å². The summed E-state index contributed by atoms with van der Waals surface area (Å²) in [5.74, 6) is -0.0692. The second-order valence-electron chi connectivity index (χ2n) is 2.99. The van der Waals surface area contributed by atoms with Gasteiger partial charge in [0, 0.05) is 12.6 Å². The van der Waals surface area contributed by atoms with E-state index in [4.69, 9.17) is 0 Å². The van der Waals surface area contributed by atoms with Crippen LogP contribution in [0.2, 0.25) is 0 Å². The molecule has 0 spiro atoms. The number of anilines is 1. The highest BCUT2D eigenvalue weighted by atomic mass is 16.1. The first-order chi connectivity index (χ1) is 6.63. The second-order valence-corrected chi connectivity index (χ2v) is 2.99. The van der Waals surface area contributed by atoms with E-state index in [0.29, 0.717) is 0 Å². The average Bonchev–Trinajstić information content (AvgIpc) is 2.17. The lowest BCUT2D eigenvalue weighted by Crippen LogP contribution is -2.05. The maximum atomic E-state index is 10.7. The first kappa shape index (κ1) is 10.3. The molecule has 2 heteroatoms. The van der Waals surface area contributed by atoms with Gasteiger partial charge in [0.15, 0.2) is 0 Å². The van der Waals surface area contributed by atoms with E-state index in [9.17, 15) is 4.79 Å². The fraction of sp³-hybridized carbons (Fsp3) is 0.0833. The van der Waals surface area contributed by atoms with Crippen molar-refractivity contribution < 1.29 is 4.79 Å². The summed E-state index contributed by atoms with van der Waals surface area (Å²) in [7, 11) is 0. The van der Waals surface area contributed by atoms with Crippen LogP contribution in [0.15, 0.2) is 43.5 Å². The maximum Gasteiger partial charge on any atom is 0.221 e. The normalized spacial score (nSPS) is 9.21. The van der Waals surface area contributed by atoms with Crippen molar-refractivity contribution >= 4 is 17.2 Å². The van der Waals surface area contributed by atoms with Crippen molar-refractivity contribution in [1.29, 1.82) is 0 Å². The third kappa shape index (κ3) is 2.59. The zero-order valence-electron chi connectivity index (χ0n) is 8.21. The predicted molar refractivity (Wildman–Crippen MR) is 60.0 cm³/mol. The van der Waals surface area contributed by atoms with Crippen LogP contribution in [0.25, 0.3) is 5.57 Å². The molecule has 1 aromatic carbocycles. The molecule has 1 amide bonds. The van der Waals surface area contributed by atoms with Crippen LogP contribution in [0.1, 0.15) is 12.5 Å². The molecule has 0 saturated heterocycles. The largest absolute Gasteiger partial charge is 0.326 e. The molecule has 2 nitrogen and oxygen atoms in total. The Morgan fingerprint density at radius 2 is 1.93 bits per heavy atom. The molecule has 0 aliphatic carbocycles. The van der Waals surface area contributed by atoms with E-state index in [-0.39, 0.29) is 5.91 Å². The SMILES string of the molecule is C=CC(=C)c1ccc(NC(C)=O)cc1. The summed E-state index contributed by atoms with van der Waals surface area (Å²) in [5.41, 5.74) is 2.67. The number of hydrogen-bond acceptors (Lipinski definition) is 1. The Bertz CT molecular complexity index is 362. The highest BCUT2D eigenvalue weighted by Crippen LogP contribution is 2.16. The number of hydrogen-bond donors (Lipinski definition) is 1. The average molecular weight is 187 g/mol. The Morgan fingerprint density at radius 1 is 1.36 bits per heavy atom. The van der Waals surface area contributed by atoms with Gasteiger partial charge in [-0.1, -0.05) is 31.4 Å². The van der Waals surface area contributed by atoms with Gasteiger partial charge < -0.3 is 5.32 Å². The molecule has 1 aromatic rings. The molecule has 72 valence electrons. The second kappa shape index (κ2) is 4.42. The molecule has 0 aliphatic rings. The lowest BCUT2D eigenvalue weighted by molar-refractivity contribution is -0.114. The Hall–Kier alpha value is -1.83. The minimum atomic E-state index is -0.0692. The van der Waals surface area contributed by atoms with E-state index in [1.54, 1.807) is 6.08 Å². The Labute approximate surface area is 84.0 Å². The van der Waals surface area contributed by atoms with Crippen molar-refractivity contribution in [1.82, 2.24) is 0 Å². The first-order valence-electron chi connectivity index (χ1n) is 4.33. The maximum absolute atomic E-state index is 10.7. The molecule has 0 heterocycles. The van der Waals surface area contributed by atoms with E-state index >= 15 is 0 Å². The number of benzene rings is 1. The Morgan fingerprint density at radius 3 is 2.36 bits per heavy atom. The molecule has 0 bridgehead atoms. The molecular formula is C12H13NO. The highest BCUT2D eigenvalue weighted by molar-refractivity contribution is 5.88. The summed E-state index contributed by atoms with van der Waals surface area (Å²) in [5, 5.41) is 2.69. The van der Waals surface area contributed by atoms with Gasteiger partial charge >= 0.3 is 0 Å². The van der Waals surface area contributed by atoms with Gasteiger partial charge in [0.2, 0.25) is 5.91 Å². The standard InChI is InChI=1S/C12H13NO/c1-4-9(2)11-5-7-12(8-6-11)13-10(3)14/h4-8H,1-2H2,3H3,(H,13,14). The van der Waals surface area contributed by atoms with Gasteiger partial charge in [-0.05, 0) is 23.3 Å². The number of amides is 1. The van der Waals surface area contributed by atoms with Gasteiger partial charge in [0.05, 0.1) is 0 Å². The van der Waals surface area contributed by atoms with Gasteiger partial charge in [-0.3, -0.25) is 4.79 Å². The number of carbonyl (C=O) groups excluding carboxylic acids is 1. The van der Waals surface area contributed by atoms with Crippen LogP contribution >= 0.6 is 0 Å². The van der Waals surface area contributed by atoms with Gasteiger partial charge in [0.25, 0.3) is 0 Å². The van der Waals surface area contributed by atoms with Gasteiger partial charge in [0.1, 0.15) is 0 Å². The van der Waals surface area contributed by atoms with Gasteiger partial charge in [-0.15, -0.1) is 0 Å². The fourth-order valence-electron chi connectivity index (χ4n) is 1.09. The third-order valence-electron chi connectivity index (χ3n) is 1.82. The third-order valence-corrected chi connectivity index (χ3v) is 1.82. The summed E-state index contributed by atoms with van der Waals surface area (Å²) in [6.45, 7) is 8.95. The molecule has 0 unspecified atom stereocenters. The van der Waals surface area contributed by atoms with Crippen LogP contribution in [0.4, 0.5) is 5.69 Å². The number of nitrogens with one attached hydrogen (secondary N) is 1. The van der Waals surface area contributed by atoms with E-state index in [1.807, 2.05) is 24.3 Å². The molecule has 1 rings (SSSR count). The zero-order valence-corrected chi connectivity index (χ0v) is 8.21. The fourth-order valence-corrected chi connectivity index (χ4v) is 1.09. The molecule has 14 heavy (non-hydrogen) atoms. The summed E-state index contributed by atoms with van der Waals surface area (Å²) in [6.07, 6.45) is 1.70. The lowest BCUT2D eigenvalue weighted by atomic mass is 10.1. The summed E-state index contributed by atoms with van der Waals surface area (Å²) >= 11 is 0. The van der Waals surface area contributed by atoms with Crippen molar-refractivity contribution in [3.05, 3.63) is 49.1 Å². The Balaban J connectivity index is 2.83. The molecule has 0 fully saturated rings. The minimum Gasteiger partial charge on any atom is -0.326 e. The predicted octanol–water partition coefficient (Wildman–Crippen LogP) is 2.84. The van der Waals surface area contributed by atoms with E-state index < -0.39 is 0 Å². The lowest BCUT2D eigenvalue weighted by Gasteiger charge is -2.03. The van der Waals surface area contributed by atoms with Crippen molar-refractivity contribution in [2.45, 2.75) is 6.92 Å². The zero-order chi connectivity index (χ0) is 10.6. The molecule has 0 radical (unpaired) electrons. The summed E-state index contributed by atoms with van der Waals surface area (Å²) in [4.78, 5) is 10.7. The number of allylic oxidation sites excluding steroid dienone is 2. The number of rotatable bonds is 3. The first-order valence-corrected chi connectivity index (χ1v) is 4.33. The molecule has 0 aliphatic heterocycles. The highest BCUT2D eigenvalue weighted by Gasteiger charge is 1.96. The topological polar surface area (TPSA) is 29.1 Å². The molecule has 0 atom stereocenters. The van der Waals surface area contributed by atoms with E-state index in [2.05, 4.69) is 18.5 Å². The molecule has 1 N–H and O–H groups in total. The summed E-state index contributed by atoms with van der Waals surface area (Å²) < 4.78 is 0. The van der Waals surface area contributed by atoms with E-state index in [0.717, 1.165) is 16.8 Å². The monoisotopic (exact) mass is 187 g/mol. The van der Waals surface area contributed by atoms with Crippen LogP contribution < -0.4 is 5.32 Å². The van der Waals surface area contributed by atoms with Gasteiger partial charge in [-0.2, -0.15) is 0 Å². The molecule has 0 aromatic heterocycles. The smallest absolute Gasteiger partial charge is 0.221 e. The Kier molecular flexibility index (Phi) is 3.24. The van der Waals surface area contributed by atoms with Crippen LogP contribution in [-0.2, 0) is 4.79 Å². The summed E-state index contributed by atoms with van der Waals surface area (Å²) in [6, 6.07) is 7.47. The van der Waals surface area contributed by atoms with E-state index in [1.165, 1.54) is 6.92 Å². The molecule has 0 saturated carbocycles. The van der Waals surface area contributed by atoms with Crippen molar-refractivity contribution in [3.63, 3.8) is 0 Å². The van der Waals surface area contributed by atoms with Crippen LogP contribution in [-0.4, -0.2) is 5.91 Å². The quantitative estimate of drug-likeness (QED) is 0.724. The van der Waals surface area contributed by atoms with Gasteiger partial charge in [-0.25, -0.2) is 0 Å². The van der Waals surface area contributed by atoms with Crippen molar-refractivity contribution in [3.8, 4) is 0 Å². The molecular weight excluding hydrogens is 174 g/mol. The van der Waals surface area contributed by atoms with Crippen LogP contribution in [0.5, 0.6) is 0 Å². The van der Waals surface area contributed by atoms with Crippen LogP contribution in [0.3, 0.4) is 0 Å². The number of carbonyl (C=O) groups is 1. The van der Waals surface area contributed by atoms with Crippen molar-refractivity contribution in [2.75, 3.05) is 5.32 Å².